The summed E-state index contributed by atoms with van der Waals surface area (Å²) in [6.45, 7) is 1.11. The zero-order valence-electron chi connectivity index (χ0n) is 10.9. The molecule has 1 fully saturated rings. The highest BCUT2D eigenvalue weighted by atomic mass is 79.9. The molecule has 0 atom stereocenters. The molecule has 1 amide bonds. The van der Waals surface area contributed by atoms with Crippen LogP contribution in [0, 0.1) is 0 Å². The third-order valence-electron chi connectivity index (χ3n) is 3.24. The van der Waals surface area contributed by atoms with Gasteiger partial charge in [-0.05, 0) is 40.9 Å². The monoisotopic (exact) mass is 326 g/mol. The molecule has 0 spiro atoms. The van der Waals surface area contributed by atoms with Crippen molar-refractivity contribution in [2.24, 2.45) is 0 Å². The minimum atomic E-state index is -0.159. The number of amides is 1. The summed E-state index contributed by atoms with van der Waals surface area (Å²) in [5.41, 5.74) is 0.423. The molecule has 0 bridgehead atoms. The lowest BCUT2D eigenvalue weighted by Gasteiger charge is -2.21. The van der Waals surface area contributed by atoms with Crippen molar-refractivity contribution in [2.45, 2.75) is 38.2 Å². The number of pyridine rings is 1. The Bertz CT molecular complexity index is 420. The molecule has 0 aliphatic heterocycles. The SMILES string of the molecule is O=C(NCCOC1CCCCC1)c1cccc(Br)n1. The molecule has 1 aromatic rings. The number of hydrogen-bond acceptors (Lipinski definition) is 3. The van der Waals surface area contributed by atoms with Crippen LogP contribution in [0.5, 0.6) is 0 Å². The van der Waals surface area contributed by atoms with Crippen LogP contribution in [-0.4, -0.2) is 30.1 Å². The van der Waals surface area contributed by atoms with Crippen LogP contribution < -0.4 is 5.32 Å². The maximum Gasteiger partial charge on any atom is 0.270 e. The number of hydrogen-bond donors (Lipinski definition) is 1. The van der Waals surface area contributed by atoms with Crippen molar-refractivity contribution in [3.05, 3.63) is 28.5 Å². The Hall–Kier alpha value is -0.940. The first kappa shape index (κ1) is 14.5. The van der Waals surface area contributed by atoms with E-state index >= 15 is 0 Å². The maximum atomic E-state index is 11.8. The average molecular weight is 327 g/mol. The second-order valence-corrected chi connectivity index (χ2v) is 5.54. The summed E-state index contributed by atoms with van der Waals surface area (Å²) < 4.78 is 6.41. The Kier molecular flexibility index (Phi) is 5.79. The zero-order valence-corrected chi connectivity index (χ0v) is 12.5. The van der Waals surface area contributed by atoms with Gasteiger partial charge in [-0.25, -0.2) is 4.98 Å². The molecule has 2 rings (SSSR count). The van der Waals surface area contributed by atoms with Crippen LogP contribution in [0.3, 0.4) is 0 Å². The van der Waals surface area contributed by atoms with Crippen LogP contribution in [0.1, 0.15) is 42.6 Å². The molecule has 1 saturated carbocycles. The largest absolute Gasteiger partial charge is 0.376 e. The highest BCUT2D eigenvalue weighted by molar-refractivity contribution is 9.10. The van der Waals surface area contributed by atoms with Crippen molar-refractivity contribution < 1.29 is 9.53 Å². The van der Waals surface area contributed by atoms with E-state index in [2.05, 4.69) is 26.2 Å². The van der Waals surface area contributed by atoms with E-state index in [0.29, 0.717) is 29.6 Å². The second kappa shape index (κ2) is 7.60. The van der Waals surface area contributed by atoms with Gasteiger partial charge in [0, 0.05) is 6.54 Å². The summed E-state index contributed by atoms with van der Waals surface area (Å²) in [5, 5.41) is 2.82. The molecular weight excluding hydrogens is 308 g/mol. The fraction of sp³-hybridized carbons (Fsp3) is 0.571. The molecule has 0 unspecified atom stereocenters. The van der Waals surface area contributed by atoms with Crippen molar-refractivity contribution >= 4 is 21.8 Å². The Morgan fingerprint density at radius 1 is 1.37 bits per heavy atom. The van der Waals surface area contributed by atoms with Gasteiger partial charge in [-0.3, -0.25) is 4.79 Å². The first-order valence-corrected chi connectivity index (χ1v) is 7.57. The van der Waals surface area contributed by atoms with Crippen LogP contribution in [0.25, 0.3) is 0 Å². The van der Waals surface area contributed by atoms with Crippen LogP contribution in [0.4, 0.5) is 0 Å². The Balaban J connectivity index is 1.66. The minimum Gasteiger partial charge on any atom is -0.376 e. The van der Waals surface area contributed by atoms with Gasteiger partial charge in [0.1, 0.15) is 10.3 Å². The third-order valence-corrected chi connectivity index (χ3v) is 3.68. The van der Waals surface area contributed by atoms with Crippen LogP contribution in [-0.2, 0) is 4.74 Å². The molecule has 0 radical (unpaired) electrons. The quantitative estimate of drug-likeness (QED) is 0.668. The van der Waals surface area contributed by atoms with Crippen LogP contribution >= 0.6 is 15.9 Å². The summed E-state index contributed by atoms with van der Waals surface area (Å²) in [4.78, 5) is 15.9. The van der Waals surface area contributed by atoms with Crippen molar-refractivity contribution in [3.63, 3.8) is 0 Å². The summed E-state index contributed by atoms with van der Waals surface area (Å²) in [6.07, 6.45) is 6.54. The van der Waals surface area contributed by atoms with E-state index in [4.69, 9.17) is 4.74 Å². The number of carbonyl (C=O) groups is 1. The molecule has 1 N–H and O–H groups in total. The van der Waals surface area contributed by atoms with E-state index in [-0.39, 0.29) is 5.91 Å². The predicted octanol–water partition coefficient (Wildman–Crippen LogP) is 2.92. The normalized spacial score (nSPS) is 16.3. The van der Waals surface area contributed by atoms with Gasteiger partial charge in [-0.1, -0.05) is 25.3 Å². The molecule has 5 heteroatoms. The van der Waals surface area contributed by atoms with E-state index in [1.807, 2.05) is 0 Å². The Morgan fingerprint density at radius 3 is 2.89 bits per heavy atom. The minimum absolute atomic E-state index is 0.159. The van der Waals surface area contributed by atoms with E-state index < -0.39 is 0 Å². The van der Waals surface area contributed by atoms with E-state index in [1.54, 1.807) is 18.2 Å². The molecule has 0 aromatic carbocycles. The summed E-state index contributed by atoms with van der Waals surface area (Å²) in [7, 11) is 0. The molecule has 1 heterocycles. The van der Waals surface area contributed by atoms with Gasteiger partial charge >= 0.3 is 0 Å². The van der Waals surface area contributed by atoms with Crippen LogP contribution in [0.15, 0.2) is 22.8 Å². The summed E-state index contributed by atoms with van der Waals surface area (Å²) >= 11 is 3.25. The second-order valence-electron chi connectivity index (χ2n) is 4.73. The number of nitrogens with one attached hydrogen (secondary N) is 1. The molecule has 0 saturated heterocycles. The molecule has 1 aliphatic rings. The van der Waals surface area contributed by atoms with Crippen LogP contribution in [0.2, 0.25) is 0 Å². The summed E-state index contributed by atoms with van der Waals surface area (Å²) in [5.74, 6) is -0.159. The maximum absolute atomic E-state index is 11.8. The fourth-order valence-electron chi connectivity index (χ4n) is 2.25. The molecule has 104 valence electrons. The molecular formula is C14H19BrN2O2. The van der Waals surface area contributed by atoms with Gasteiger partial charge in [-0.2, -0.15) is 0 Å². The first-order chi connectivity index (χ1) is 9.25. The van der Waals surface area contributed by atoms with Crippen molar-refractivity contribution in [1.82, 2.24) is 10.3 Å². The van der Waals surface area contributed by atoms with E-state index in [1.165, 1.54) is 19.3 Å². The molecule has 4 nitrogen and oxygen atoms in total. The standard InChI is InChI=1S/C14H19BrN2O2/c15-13-8-4-7-12(17-13)14(18)16-9-10-19-11-5-2-1-3-6-11/h4,7-8,11H,1-3,5-6,9-10H2,(H,16,18). The lowest BCUT2D eigenvalue weighted by Crippen LogP contribution is -2.29. The number of halogens is 1. The Labute approximate surface area is 122 Å². The first-order valence-electron chi connectivity index (χ1n) is 6.78. The van der Waals surface area contributed by atoms with E-state index in [9.17, 15) is 4.79 Å². The smallest absolute Gasteiger partial charge is 0.270 e. The third kappa shape index (κ3) is 4.91. The van der Waals surface area contributed by atoms with Gasteiger partial charge in [0.15, 0.2) is 0 Å². The zero-order chi connectivity index (χ0) is 13.5. The van der Waals surface area contributed by atoms with Gasteiger partial charge < -0.3 is 10.1 Å². The topological polar surface area (TPSA) is 51.2 Å². The van der Waals surface area contributed by atoms with Gasteiger partial charge in [0.25, 0.3) is 5.91 Å². The van der Waals surface area contributed by atoms with Crippen molar-refractivity contribution in [1.29, 1.82) is 0 Å². The molecule has 19 heavy (non-hydrogen) atoms. The van der Waals surface area contributed by atoms with Gasteiger partial charge in [-0.15, -0.1) is 0 Å². The number of nitrogens with zero attached hydrogens (tertiary/aromatic N) is 1. The predicted molar refractivity (Wildman–Crippen MR) is 77.1 cm³/mol. The number of aromatic nitrogens is 1. The number of ether oxygens (including phenoxy) is 1. The average Bonchev–Trinajstić information content (AvgIpc) is 2.44. The highest BCUT2D eigenvalue weighted by Crippen LogP contribution is 2.19. The fourth-order valence-corrected chi connectivity index (χ4v) is 2.59. The lowest BCUT2D eigenvalue weighted by molar-refractivity contribution is 0.0299. The Morgan fingerprint density at radius 2 is 2.16 bits per heavy atom. The number of carbonyl (C=O) groups excluding carboxylic acids is 1. The highest BCUT2D eigenvalue weighted by Gasteiger charge is 2.13. The van der Waals surface area contributed by atoms with Gasteiger partial charge in [0.2, 0.25) is 0 Å². The number of rotatable bonds is 5. The van der Waals surface area contributed by atoms with Gasteiger partial charge in [0.05, 0.1) is 12.7 Å². The summed E-state index contributed by atoms with van der Waals surface area (Å²) in [6, 6.07) is 5.29. The lowest BCUT2D eigenvalue weighted by atomic mass is 9.98. The van der Waals surface area contributed by atoms with E-state index in [0.717, 1.165) is 12.8 Å². The molecule has 1 aromatic heterocycles. The molecule has 1 aliphatic carbocycles. The van der Waals surface area contributed by atoms with Crippen molar-refractivity contribution in [3.8, 4) is 0 Å². The van der Waals surface area contributed by atoms with Crippen molar-refractivity contribution in [2.75, 3.05) is 13.2 Å².